The van der Waals surface area contributed by atoms with Crippen LogP contribution in [0.2, 0.25) is 0 Å². The normalized spacial score (nSPS) is 32.7. The topological polar surface area (TPSA) is 50.8 Å². The summed E-state index contributed by atoms with van der Waals surface area (Å²) < 4.78 is 11.3. The molecular formula is C18H34N2O3. The summed E-state index contributed by atoms with van der Waals surface area (Å²) in [4.78, 5) is 14.3. The van der Waals surface area contributed by atoms with Crippen molar-refractivity contribution in [2.75, 3.05) is 13.2 Å². The molecule has 2 saturated heterocycles. The van der Waals surface area contributed by atoms with Crippen LogP contribution in [0.25, 0.3) is 0 Å². The number of hydrogen-bond acceptors (Lipinski definition) is 4. The molecule has 0 spiro atoms. The van der Waals surface area contributed by atoms with Gasteiger partial charge in [0.15, 0.2) is 0 Å². The second kappa shape index (κ2) is 7.84. The van der Waals surface area contributed by atoms with Crippen LogP contribution in [0, 0.1) is 0 Å². The number of piperidine rings is 1. The summed E-state index contributed by atoms with van der Waals surface area (Å²) in [5.74, 6) is 0. The molecule has 2 aliphatic rings. The number of rotatable bonds is 3. The minimum absolute atomic E-state index is 0.168. The summed E-state index contributed by atoms with van der Waals surface area (Å²) in [5.41, 5.74) is -0.438. The first-order valence-corrected chi connectivity index (χ1v) is 9.17. The van der Waals surface area contributed by atoms with Gasteiger partial charge in [-0.05, 0) is 59.8 Å². The zero-order valence-corrected chi connectivity index (χ0v) is 15.4. The largest absolute Gasteiger partial charge is 0.444 e. The Bertz CT molecular complexity index is 394. The van der Waals surface area contributed by atoms with Crippen LogP contribution < -0.4 is 5.32 Å². The molecule has 2 fully saturated rings. The molecule has 134 valence electrons. The fraction of sp³-hybridized carbons (Fsp3) is 0.944. The molecule has 2 heterocycles. The van der Waals surface area contributed by atoms with Crippen LogP contribution in [0.5, 0.6) is 0 Å². The van der Waals surface area contributed by atoms with Crippen molar-refractivity contribution in [1.29, 1.82) is 0 Å². The molecule has 0 aromatic carbocycles. The zero-order chi connectivity index (χ0) is 17.0. The lowest BCUT2D eigenvalue weighted by Gasteiger charge is -2.42. The van der Waals surface area contributed by atoms with Crippen molar-refractivity contribution < 1.29 is 14.3 Å². The van der Waals surface area contributed by atoms with Crippen LogP contribution in [0.3, 0.4) is 0 Å². The van der Waals surface area contributed by atoms with E-state index in [1.807, 2.05) is 25.7 Å². The van der Waals surface area contributed by atoms with E-state index < -0.39 is 5.60 Å². The Balaban J connectivity index is 1.91. The van der Waals surface area contributed by atoms with Gasteiger partial charge in [-0.2, -0.15) is 0 Å². The van der Waals surface area contributed by atoms with E-state index in [-0.39, 0.29) is 12.1 Å². The highest BCUT2D eigenvalue weighted by atomic mass is 16.6. The third-order valence-corrected chi connectivity index (χ3v) is 4.89. The first-order chi connectivity index (χ1) is 10.8. The van der Waals surface area contributed by atoms with Crippen LogP contribution in [-0.2, 0) is 9.47 Å². The van der Waals surface area contributed by atoms with E-state index in [2.05, 4.69) is 19.2 Å². The number of nitrogens with zero attached hydrogens (tertiary/aromatic N) is 1. The Labute approximate surface area is 141 Å². The highest BCUT2D eigenvalue weighted by Gasteiger charge is 2.35. The molecule has 4 unspecified atom stereocenters. The maximum absolute atomic E-state index is 12.4. The van der Waals surface area contributed by atoms with Crippen molar-refractivity contribution in [2.24, 2.45) is 0 Å². The van der Waals surface area contributed by atoms with Crippen LogP contribution in [0.4, 0.5) is 4.79 Å². The Morgan fingerprint density at radius 1 is 1.35 bits per heavy atom. The lowest BCUT2D eigenvalue weighted by molar-refractivity contribution is -0.0120. The van der Waals surface area contributed by atoms with E-state index in [0.29, 0.717) is 18.2 Å². The lowest BCUT2D eigenvalue weighted by atomic mass is 9.94. The Morgan fingerprint density at radius 2 is 2.09 bits per heavy atom. The van der Waals surface area contributed by atoms with Crippen LogP contribution >= 0.6 is 0 Å². The van der Waals surface area contributed by atoms with Gasteiger partial charge in [-0.25, -0.2) is 4.79 Å². The van der Waals surface area contributed by atoms with Gasteiger partial charge in [0.1, 0.15) is 5.60 Å². The molecule has 0 aromatic rings. The average Bonchev–Trinajstić information content (AvgIpc) is 2.48. The van der Waals surface area contributed by atoms with Crippen LogP contribution in [-0.4, -0.2) is 54.0 Å². The predicted octanol–water partition coefficient (Wildman–Crippen LogP) is 3.32. The summed E-state index contributed by atoms with van der Waals surface area (Å²) >= 11 is 0. The van der Waals surface area contributed by atoms with Gasteiger partial charge in [0.2, 0.25) is 0 Å². The summed E-state index contributed by atoms with van der Waals surface area (Å²) in [5, 5.41) is 3.79. The van der Waals surface area contributed by atoms with Gasteiger partial charge in [-0.1, -0.05) is 6.92 Å². The number of hydrogen-bond donors (Lipinski definition) is 1. The van der Waals surface area contributed by atoms with Crippen LogP contribution in [0.1, 0.15) is 66.7 Å². The summed E-state index contributed by atoms with van der Waals surface area (Å²) in [6.07, 6.45) is 5.55. The van der Waals surface area contributed by atoms with Gasteiger partial charge in [-0.3, -0.25) is 0 Å². The summed E-state index contributed by atoms with van der Waals surface area (Å²) in [6, 6.07) is 1.01. The quantitative estimate of drug-likeness (QED) is 0.864. The second-order valence-corrected chi connectivity index (χ2v) is 7.95. The third-order valence-electron chi connectivity index (χ3n) is 4.89. The predicted molar refractivity (Wildman–Crippen MR) is 91.6 cm³/mol. The van der Waals surface area contributed by atoms with Crippen molar-refractivity contribution in [3.63, 3.8) is 0 Å². The first kappa shape index (κ1) is 18.5. The SMILES string of the molecule is CCC1CC(NC2CCCN(C(=O)OC(C)(C)C)C2C)CCO1. The average molecular weight is 326 g/mol. The molecule has 0 saturated carbocycles. The van der Waals surface area contributed by atoms with Crippen molar-refractivity contribution in [3.8, 4) is 0 Å². The molecule has 2 rings (SSSR count). The first-order valence-electron chi connectivity index (χ1n) is 9.17. The Kier molecular flexibility index (Phi) is 6.32. The fourth-order valence-corrected chi connectivity index (χ4v) is 3.56. The highest BCUT2D eigenvalue weighted by Crippen LogP contribution is 2.23. The van der Waals surface area contributed by atoms with Crippen molar-refractivity contribution in [3.05, 3.63) is 0 Å². The molecular weight excluding hydrogens is 292 g/mol. The molecule has 1 amide bonds. The van der Waals surface area contributed by atoms with E-state index in [1.165, 1.54) is 0 Å². The molecule has 0 aliphatic carbocycles. The number of likely N-dealkylation sites (tertiary alicyclic amines) is 1. The summed E-state index contributed by atoms with van der Waals surface area (Å²) in [7, 11) is 0. The zero-order valence-electron chi connectivity index (χ0n) is 15.4. The number of carbonyl (C=O) groups is 1. The molecule has 0 radical (unpaired) electrons. The molecule has 23 heavy (non-hydrogen) atoms. The number of nitrogens with one attached hydrogen (secondary N) is 1. The van der Waals surface area contributed by atoms with Crippen molar-refractivity contribution in [2.45, 2.75) is 96.6 Å². The number of ether oxygens (including phenoxy) is 2. The molecule has 1 N–H and O–H groups in total. The Morgan fingerprint density at radius 3 is 2.74 bits per heavy atom. The molecule has 2 aliphatic heterocycles. The van der Waals surface area contributed by atoms with E-state index >= 15 is 0 Å². The molecule has 5 nitrogen and oxygen atoms in total. The standard InChI is InChI=1S/C18H34N2O3/c1-6-15-12-14(9-11-22-15)19-16-8-7-10-20(13(16)2)17(21)23-18(3,4)5/h13-16,19H,6-12H2,1-5H3. The van der Waals surface area contributed by atoms with E-state index in [0.717, 1.165) is 45.3 Å². The van der Waals surface area contributed by atoms with E-state index in [9.17, 15) is 4.79 Å². The van der Waals surface area contributed by atoms with Crippen molar-refractivity contribution >= 4 is 6.09 Å². The van der Waals surface area contributed by atoms with Gasteiger partial charge in [0.25, 0.3) is 0 Å². The van der Waals surface area contributed by atoms with Crippen molar-refractivity contribution in [1.82, 2.24) is 10.2 Å². The summed E-state index contributed by atoms with van der Waals surface area (Å²) in [6.45, 7) is 11.7. The minimum atomic E-state index is -0.438. The minimum Gasteiger partial charge on any atom is -0.444 e. The van der Waals surface area contributed by atoms with Gasteiger partial charge in [0.05, 0.1) is 6.10 Å². The number of carbonyl (C=O) groups excluding carboxylic acids is 1. The maximum atomic E-state index is 12.4. The molecule has 0 aromatic heterocycles. The van der Waals surface area contributed by atoms with Gasteiger partial charge >= 0.3 is 6.09 Å². The van der Waals surface area contributed by atoms with Crippen LogP contribution in [0.15, 0.2) is 0 Å². The van der Waals surface area contributed by atoms with Gasteiger partial charge in [-0.15, -0.1) is 0 Å². The highest BCUT2D eigenvalue weighted by molar-refractivity contribution is 5.68. The lowest BCUT2D eigenvalue weighted by Crippen LogP contribution is -2.58. The number of amides is 1. The fourth-order valence-electron chi connectivity index (χ4n) is 3.56. The maximum Gasteiger partial charge on any atom is 0.410 e. The molecule has 4 atom stereocenters. The Hall–Kier alpha value is -0.810. The monoisotopic (exact) mass is 326 g/mol. The van der Waals surface area contributed by atoms with Gasteiger partial charge < -0.3 is 19.7 Å². The molecule has 0 bridgehead atoms. The van der Waals surface area contributed by atoms with Gasteiger partial charge in [0, 0.05) is 31.3 Å². The second-order valence-electron chi connectivity index (χ2n) is 7.95. The van der Waals surface area contributed by atoms with E-state index in [4.69, 9.17) is 9.47 Å². The smallest absolute Gasteiger partial charge is 0.410 e. The molecule has 5 heteroatoms. The van der Waals surface area contributed by atoms with E-state index in [1.54, 1.807) is 0 Å². The third kappa shape index (κ3) is 5.35.